The van der Waals surface area contributed by atoms with Crippen molar-refractivity contribution in [1.29, 1.82) is 0 Å². The Morgan fingerprint density at radius 3 is 2.58 bits per heavy atom. The fourth-order valence-electron chi connectivity index (χ4n) is 3.88. The van der Waals surface area contributed by atoms with Crippen molar-refractivity contribution in [3.05, 3.63) is 39.9 Å². The highest BCUT2D eigenvalue weighted by molar-refractivity contribution is 7.15. The molecule has 4 rings (SSSR count). The Morgan fingerprint density at radius 2 is 1.85 bits per heavy atom. The van der Waals surface area contributed by atoms with Crippen molar-refractivity contribution in [1.82, 2.24) is 20.0 Å². The Hall–Kier alpha value is -1.21. The zero-order valence-electron chi connectivity index (χ0n) is 15.3. The predicted molar refractivity (Wildman–Crippen MR) is 108 cm³/mol. The Kier molecular flexibility index (Phi) is 5.74. The second kappa shape index (κ2) is 8.21. The van der Waals surface area contributed by atoms with Gasteiger partial charge in [-0.1, -0.05) is 42.0 Å². The SMILES string of the molecule is CCN1CCN(C2CCN(c3nnc(Cc4ccc(Cl)cc4)s3)C2)CC1. The zero-order valence-corrected chi connectivity index (χ0v) is 16.8. The molecule has 0 spiro atoms. The number of rotatable bonds is 5. The number of likely N-dealkylation sites (N-methyl/N-ethyl adjacent to an activating group) is 1. The average molecular weight is 392 g/mol. The van der Waals surface area contributed by atoms with E-state index in [0.29, 0.717) is 6.04 Å². The van der Waals surface area contributed by atoms with E-state index in [0.717, 1.165) is 34.7 Å². The molecule has 1 aromatic carbocycles. The summed E-state index contributed by atoms with van der Waals surface area (Å²) in [5, 5.41) is 11.8. The molecular weight excluding hydrogens is 366 g/mol. The Bertz CT molecular complexity index is 711. The average Bonchev–Trinajstić information content (AvgIpc) is 3.33. The summed E-state index contributed by atoms with van der Waals surface area (Å²) >= 11 is 7.69. The van der Waals surface area contributed by atoms with Gasteiger partial charge in [0.25, 0.3) is 0 Å². The molecule has 2 aliphatic heterocycles. The summed E-state index contributed by atoms with van der Waals surface area (Å²) in [5.41, 5.74) is 1.23. The van der Waals surface area contributed by atoms with Crippen LogP contribution in [0.1, 0.15) is 23.9 Å². The van der Waals surface area contributed by atoms with Crippen LogP contribution in [-0.2, 0) is 6.42 Å². The molecule has 2 fully saturated rings. The molecule has 0 aliphatic carbocycles. The van der Waals surface area contributed by atoms with Crippen molar-refractivity contribution in [3.8, 4) is 0 Å². The highest BCUT2D eigenvalue weighted by Crippen LogP contribution is 2.28. The summed E-state index contributed by atoms with van der Waals surface area (Å²) in [6.45, 7) is 10.4. The van der Waals surface area contributed by atoms with Crippen LogP contribution < -0.4 is 4.90 Å². The maximum atomic E-state index is 5.96. The van der Waals surface area contributed by atoms with E-state index in [9.17, 15) is 0 Å². The van der Waals surface area contributed by atoms with Crippen LogP contribution in [0.2, 0.25) is 5.02 Å². The fraction of sp³-hybridized carbons (Fsp3) is 0.579. The van der Waals surface area contributed by atoms with E-state index >= 15 is 0 Å². The van der Waals surface area contributed by atoms with Gasteiger partial charge in [-0.3, -0.25) is 4.90 Å². The standard InChI is InChI=1S/C19H26ClN5S/c1-2-23-9-11-24(12-10-23)17-7-8-25(14-17)19-22-21-18(26-19)13-15-3-5-16(20)6-4-15/h3-6,17H,2,7-14H2,1H3. The van der Waals surface area contributed by atoms with E-state index in [1.165, 1.54) is 44.7 Å². The molecule has 2 aliphatic rings. The molecular formula is C19H26ClN5S. The lowest BCUT2D eigenvalue weighted by atomic mass is 10.2. The first-order valence-electron chi connectivity index (χ1n) is 9.49. The Balaban J connectivity index is 1.33. The molecule has 0 saturated carbocycles. The van der Waals surface area contributed by atoms with Gasteiger partial charge in [0.1, 0.15) is 5.01 Å². The van der Waals surface area contributed by atoms with E-state index in [-0.39, 0.29) is 0 Å². The zero-order chi connectivity index (χ0) is 17.9. The molecule has 140 valence electrons. The predicted octanol–water partition coefficient (Wildman–Crippen LogP) is 3.00. The van der Waals surface area contributed by atoms with Gasteiger partial charge >= 0.3 is 0 Å². The van der Waals surface area contributed by atoms with Crippen LogP contribution in [0.15, 0.2) is 24.3 Å². The molecule has 2 saturated heterocycles. The number of nitrogens with zero attached hydrogens (tertiary/aromatic N) is 5. The molecule has 0 bridgehead atoms. The molecule has 2 aromatic rings. The first-order valence-corrected chi connectivity index (χ1v) is 10.7. The summed E-state index contributed by atoms with van der Waals surface area (Å²) < 4.78 is 0. The second-order valence-electron chi connectivity index (χ2n) is 7.14. The van der Waals surface area contributed by atoms with Crippen LogP contribution in [-0.4, -0.2) is 71.9 Å². The number of anilines is 1. The molecule has 0 amide bonds. The van der Waals surface area contributed by atoms with E-state index in [1.807, 2.05) is 12.1 Å². The number of aromatic nitrogens is 2. The lowest BCUT2D eigenvalue weighted by molar-refractivity contribution is 0.107. The number of halogens is 1. The van der Waals surface area contributed by atoms with Gasteiger partial charge < -0.3 is 9.80 Å². The smallest absolute Gasteiger partial charge is 0.208 e. The second-order valence-corrected chi connectivity index (χ2v) is 8.62. The molecule has 26 heavy (non-hydrogen) atoms. The van der Waals surface area contributed by atoms with Crippen molar-refractivity contribution in [2.75, 3.05) is 50.7 Å². The largest absolute Gasteiger partial charge is 0.345 e. The van der Waals surface area contributed by atoms with E-state index < -0.39 is 0 Å². The summed E-state index contributed by atoms with van der Waals surface area (Å²) in [4.78, 5) is 7.62. The molecule has 3 heterocycles. The molecule has 7 heteroatoms. The summed E-state index contributed by atoms with van der Waals surface area (Å²) in [5.74, 6) is 0. The van der Waals surface area contributed by atoms with Crippen LogP contribution >= 0.6 is 22.9 Å². The van der Waals surface area contributed by atoms with Crippen molar-refractivity contribution in [2.45, 2.75) is 25.8 Å². The highest BCUT2D eigenvalue weighted by Gasteiger charge is 2.31. The molecule has 1 aromatic heterocycles. The Labute approximate surface area is 164 Å². The van der Waals surface area contributed by atoms with Gasteiger partial charge in [-0.15, -0.1) is 10.2 Å². The first-order chi connectivity index (χ1) is 12.7. The van der Waals surface area contributed by atoms with Crippen molar-refractivity contribution >= 4 is 28.1 Å². The minimum absolute atomic E-state index is 0.664. The van der Waals surface area contributed by atoms with Crippen LogP contribution in [0, 0.1) is 0 Å². The van der Waals surface area contributed by atoms with E-state index in [1.54, 1.807) is 11.3 Å². The lowest BCUT2D eigenvalue weighted by Crippen LogP contribution is -2.50. The van der Waals surface area contributed by atoms with E-state index in [4.69, 9.17) is 11.6 Å². The number of benzene rings is 1. The molecule has 1 unspecified atom stereocenters. The monoisotopic (exact) mass is 391 g/mol. The van der Waals surface area contributed by atoms with Crippen molar-refractivity contribution in [2.24, 2.45) is 0 Å². The minimum atomic E-state index is 0.664. The van der Waals surface area contributed by atoms with Crippen LogP contribution in [0.25, 0.3) is 0 Å². The maximum absolute atomic E-state index is 5.96. The summed E-state index contributed by atoms with van der Waals surface area (Å²) in [6.07, 6.45) is 2.06. The highest BCUT2D eigenvalue weighted by atomic mass is 35.5. The summed E-state index contributed by atoms with van der Waals surface area (Å²) in [6, 6.07) is 8.65. The number of piperazine rings is 1. The number of hydrogen-bond acceptors (Lipinski definition) is 6. The van der Waals surface area contributed by atoms with Crippen LogP contribution in [0.4, 0.5) is 5.13 Å². The fourth-order valence-corrected chi connectivity index (χ4v) is 4.91. The molecule has 1 atom stereocenters. The van der Waals surface area contributed by atoms with Gasteiger partial charge in [0.2, 0.25) is 5.13 Å². The molecule has 0 N–H and O–H groups in total. The molecule has 5 nitrogen and oxygen atoms in total. The minimum Gasteiger partial charge on any atom is -0.345 e. The number of hydrogen-bond donors (Lipinski definition) is 0. The maximum Gasteiger partial charge on any atom is 0.208 e. The third-order valence-electron chi connectivity index (χ3n) is 5.53. The van der Waals surface area contributed by atoms with Gasteiger partial charge in [0, 0.05) is 56.8 Å². The van der Waals surface area contributed by atoms with Gasteiger partial charge in [-0.05, 0) is 30.7 Å². The quantitative estimate of drug-likeness (QED) is 0.782. The lowest BCUT2D eigenvalue weighted by Gasteiger charge is -2.37. The van der Waals surface area contributed by atoms with Gasteiger partial charge in [-0.2, -0.15) is 0 Å². The van der Waals surface area contributed by atoms with Gasteiger partial charge in [-0.25, -0.2) is 0 Å². The topological polar surface area (TPSA) is 35.5 Å². The third kappa shape index (κ3) is 4.19. The summed E-state index contributed by atoms with van der Waals surface area (Å²) in [7, 11) is 0. The van der Waals surface area contributed by atoms with Crippen molar-refractivity contribution < 1.29 is 0 Å². The van der Waals surface area contributed by atoms with Crippen LogP contribution in [0.5, 0.6) is 0 Å². The third-order valence-corrected chi connectivity index (χ3v) is 6.77. The van der Waals surface area contributed by atoms with Crippen molar-refractivity contribution in [3.63, 3.8) is 0 Å². The Morgan fingerprint density at radius 1 is 1.08 bits per heavy atom. The van der Waals surface area contributed by atoms with E-state index in [2.05, 4.69) is 44.0 Å². The van der Waals surface area contributed by atoms with Gasteiger partial charge in [0.15, 0.2) is 0 Å². The first kappa shape index (κ1) is 18.2. The van der Waals surface area contributed by atoms with Gasteiger partial charge in [0.05, 0.1) is 0 Å². The normalized spacial score (nSPS) is 22.2. The molecule has 0 radical (unpaired) electrons. The van der Waals surface area contributed by atoms with Crippen LogP contribution in [0.3, 0.4) is 0 Å².